The Morgan fingerprint density at radius 3 is 2.17 bits per heavy atom. The molecule has 0 spiro atoms. The average Bonchev–Trinajstić information content (AvgIpc) is 3.46. The van der Waals surface area contributed by atoms with Gasteiger partial charge in [-0.15, -0.1) is 0 Å². The number of alkyl carbamates (subject to hydrolysis) is 1. The molecule has 0 aliphatic heterocycles. The number of hydrogen-bond donors (Lipinski definition) is 3. The fourth-order valence-corrected chi connectivity index (χ4v) is 6.05. The molecule has 2 fully saturated rings. The van der Waals surface area contributed by atoms with Crippen LogP contribution < -0.4 is 10.6 Å². The Balaban J connectivity index is 1.18. The van der Waals surface area contributed by atoms with Gasteiger partial charge in [0.2, 0.25) is 5.91 Å². The van der Waals surface area contributed by atoms with Crippen LogP contribution in [0.3, 0.4) is 0 Å². The monoisotopic (exact) mass is 476 g/mol. The van der Waals surface area contributed by atoms with Crippen molar-refractivity contribution in [3.05, 3.63) is 59.7 Å². The Morgan fingerprint density at radius 1 is 0.857 bits per heavy atom. The van der Waals surface area contributed by atoms with Gasteiger partial charge >= 0.3 is 12.1 Å². The zero-order valence-electron chi connectivity index (χ0n) is 19.7. The molecule has 0 radical (unpaired) electrons. The van der Waals surface area contributed by atoms with Crippen molar-refractivity contribution in [3.8, 4) is 11.1 Å². The van der Waals surface area contributed by atoms with E-state index in [9.17, 15) is 19.5 Å². The molecule has 184 valence electrons. The van der Waals surface area contributed by atoms with Crippen LogP contribution in [0.1, 0.15) is 62.0 Å². The Labute approximate surface area is 205 Å². The van der Waals surface area contributed by atoms with Crippen LogP contribution in [0.5, 0.6) is 0 Å². The summed E-state index contributed by atoms with van der Waals surface area (Å²) in [7, 11) is 0. The number of amides is 2. The van der Waals surface area contributed by atoms with Crippen LogP contribution in [0.15, 0.2) is 48.5 Å². The Kier molecular flexibility index (Phi) is 6.75. The van der Waals surface area contributed by atoms with Gasteiger partial charge in [0.15, 0.2) is 0 Å². The highest BCUT2D eigenvalue weighted by molar-refractivity contribution is 5.81. The predicted molar refractivity (Wildman–Crippen MR) is 131 cm³/mol. The maximum atomic E-state index is 13.0. The first-order valence-electron chi connectivity index (χ1n) is 12.7. The maximum Gasteiger partial charge on any atom is 0.407 e. The van der Waals surface area contributed by atoms with Gasteiger partial charge in [-0.05, 0) is 54.4 Å². The number of aliphatic carboxylic acids is 1. The lowest BCUT2D eigenvalue weighted by Gasteiger charge is -2.32. The SMILES string of the molecule is O=C(NC1CCCCC1C(=O)N[C@@H]1CC[C@H](C(=O)O)C1)OCC1c2ccccc2-c2ccccc21. The first-order valence-corrected chi connectivity index (χ1v) is 12.7. The van der Waals surface area contributed by atoms with E-state index in [0.29, 0.717) is 25.7 Å². The molecule has 2 aromatic carbocycles. The van der Waals surface area contributed by atoms with E-state index in [0.717, 1.165) is 30.4 Å². The van der Waals surface area contributed by atoms with Crippen molar-refractivity contribution in [1.82, 2.24) is 10.6 Å². The minimum Gasteiger partial charge on any atom is -0.481 e. The first kappa shape index (κ1) is 23.4. The number of rotatable bonds is 6. The highest BCUT2D eigenvalue weighted by atomic mass is 16.5. The van der Waals surface area contributed by atoms with Gasteiger partial charge in [-0.1, -0.05) is 61.4 Å². The lowest BCUT2D eigenvalue weighted by Crippen LogP contribution is -2.50. The quantitative estimate of drug-likeness (QED) is 0.571. The molecule has 0 saturated heterocycles. The number of carbonyl (C=O) groups excluding carboxylic acids is 2. The summed E-state index contributed by atoms with van der Waals surface area (Å²) in [5, 5.41) is 15.2. The molecule has 5 rings (SSSR count). The standard InChI is InChI=1S/C28H32N2O5/c31-26(29-18-14-13-17(15-18)27(32)33)23-11-5-6-12-25(23)30-28(34)35-16-24-21-9-3-1-7-19(21)20-8-2-4-10-22(20)24/h1-4,7-10,17-18,23-25H,5-6,11-16H2,(H,29,31)(H,30,34)(H,32,33)/t17-,18+,23?,25?/m0/s1. The Bertz CT molecular complexity index is 1070. The molecule has 7 heteroatoms. The van der Waals surface area contributed by atoms with E-state index < -0.39 is 12.1 Å². The van der Waals surface area contributed by atoms with Gasteiger partial charge in [-0.2, -0.15) is 0 Å². The lowest BCUT2D eigenvalue weighted by atomic mass is 9.83. The zero-order chi connectivity index (χ0) is 24.4. The molecular weight excluding hydrogens is 444 g/mol. The molecule has 7 nitrogen and oxygen atoms in total. The van der Waals surface area contributed by atoms with Crippen molar-refractivity contribution in [2.45, 2.75) is 62.9 Å². The maximum absolute atomic E-state index is 13.0. The summed E-state index contributed by atoms with van der Waals surface area (Å²) in [6, 6.07) is 16.0. The molecule has 2 saturated carbocycles. The minimum atomic E-state index is -0.797. The number of benzene rings is 2. The topological polar surface area (TPSA) is 105 Å². The van der Waals surface area contributed by atoms with E-state index in [1.165, 1.54) is 11.1 Å². The van der Waals surface area contributed by atoms with Crippen LogP contribution in [-0.2, 0) is 14.3 Å². The fraction of sp³-hybridized carbons (Fsp3) is 0.464. The van der Waals surface area contributed by atoms with E-state index in [4.69, 9.17) is 4.74 Å². The van der Waals surface area contributed by atoms with Crippen molar-refractivity contribution in [2.75, 3.05) is 6.61 Å². The molecule has 4 atom stereocenters. The van der Waals surface area contributed by atoms with Gasteiger partial charge in [-0.25, -0.2) is 4.79 Å². The number of hydrogen-bond acceptors (Lipinski definition) is 4. The Morgan fingerprint density at radius 2 is 1.51 bits per heavy atom. The average molecular weight is 477 g/mol. The van der Waals surface area contributed by atoms with Gasteiger partial charge in [0.1, 0.15) is 6.61 Å². The molecule has 2 amide bonds. The van der Waals surface area contributed by atoms with Crippen LogP contribution in [0.25, 0.3) is 11.1 Å². The van der Waals surface area contributed by atoms with E-state index >= 15 is 0 Å². The second kappa shape index (κ2) is 10.1. The van der Waals surface area contributed by atoms with Gasteiger partial charge in [0.05, 0.1) is 11.8 Å². The number of carbonyl (C=O) groups is 3. The normalized spacial score (nSPS) is 25.4. The van der Waals surface area contributed by atoms with E-state index in [2.05, 4.69) is 34.9 Å². The summed E-state index contributed by atoms with van der Waals surface area (Å²) < 4.78 is 5.70. The van der Waals surface area contributed by atoms with Crippen LogP contribution in [0.2, 0.25) is 0 Å². The molecule has 35 heavy (non-hydrogen) atoms. The predicted octanol–water partition coefficient (Wildman–Crippen LogP) is 4.45. The number of nitrogens with one attached hydrogen (secondary N) is 2. The van der Waals surface area contributed by atoms with Gasteiger partial charge in [-0.3, -0.25) is 9.59 Å². The van der Waals surface area contributed by atoms with Gasteiger partial charge in [0.25, 0.3) is 0 Å². The molecule has 0 bridgehead atoms. The molecule has 0 aromatic heterocycles. The number of carboxylic acid groups (broad SMARTS) is 1. The number of fused-ring (bicyclic) bond motifs is 3. The van der Waals surface area contributed by atoms with Crippen LogP contribution in [-0.4, -0.2) is 41.8 Å². The third-order valence-corrected chi connectivity index (χ3v) is 7.88. The summed E-state index contributed by atoms with van der Waals surface area (Å²) in [5.74, 6) is -1.61. The molecule has 3 aliphatic rings. The minimum absolute atomic E-state index is 0.0110. The van der Waals surface area contributed by atoms with Gasteiger partial charge in [0, 0.05) is 18.0 Å². The van der Waals surface area contributed by atoms with Crippen LogP contribution >= 0.6 is 0 Å². The summed E-state index contributed by atoms with van der Waals surface area (Å²) in [6.45, 7) is 0.238. The molecule has 2 unspecified atom stereocenters. The molecule has 3 aliphatic carbocycles. The summed E-state index contributed by atoms with van der Waals surface area (Å²) in [6.07, 6.45) is 4.56. The van der Waals surface area contributed by atoms with E-state index in [-0.39, 0.29) is 42.4 Å². The molecular formula is C28H32N2O5. The zero-order valence-corrected chi connectivity index (χ0v) is 19.7. The first-order chi connectivity index (χ1) is 17.0. The molecule has 2 aromatic rings. The third kappa shape index (κ3) is 4.90. The van der Waals surface area contributed by atoms with Crippen LogP contribution in [0.4, 0.5) is 4.79 Å². The lowest BCUT2D eigenvalue weighted by molar-refractivity contribution is -0.141. The molecule has 0 heterocycles. The number of ether oxygens (including phenoxy) is 1. The highest BCUT2D eigenvalue weighted by Gasteiger charge is 2.36. The highest BCUT2D eigenvalue weighted by Crippen LogP contribution is 2.44. The molecule has 3 N–H and O–H groups in total. The van der Waals surface area contributed by atoms with Crippen molar-refractivity contribution < 1.29 is 24.2 Å². The van der Waals surface area contributed by atoms with Crippen molar-refractivity contribution in [3.63, 3.8) is 0 Å². The van der Waals surface area contributed by atoms with Crippen LogP contribution in [0, 0.1) is 11.8 Å². The summed E-state index contributed by atoms with van der Waals surface area (Å²) >= 11 is 0. The second-order valence-corrected chi connectivity index (χ2v) is 10.0. The van der Waals surface area contributed by atoms with Gasteiger partial charge < -0.3 is 20.5 Å². The van der Waals surface area contributed by atoms with Crippen molar-refractivity contribution in [1.29, 1.82) is 0 Å². The number of carboxylic acids is 1. The largest absolute Gasteiger partial charge is 0.481 e. The third-order valence-electron chi connectivity index (χ3n) is 7.88. The summed E-state index contributed by atoms with van der Waals surface area (Å²) in [4.78, 5) is 37.0. The van der Waals surface area contributed by atoms with Crippen molar-refractivity contribution >= 4 is 18.0 Å². The second-order valence-electron chi connectivity index (χ2n) is 10.0. The Hall–Kier alpha value is -3.35. The summed E-state index contributed by atoms with van der Waals surface area (Å²) in [5.41, 5.74) is 4.68. The fourth-order valence-electron chi connectivity index (χ4n) is 6.05. The van der Waals surface area contributed by atoms with E-state index in [1.54, 1.807) is 0 Å². The van der Waals surface area contributed by atoms with Crippen molar-refractivity contribution in [2.24, 2.45) is 11.8 Å². The smallest absolute Gasteiger partial charge is 0.407 e. The van der Waals surface area contributed by atoms with E-state index in [1.807, 2.05) is 24.3 Å².